The molecule has 3 N–H and O–H groups in total. The molecule has 1 atom stereocenters. The van der Waals surface area contributed by atoms with Crippen molar-refractivity contribution in [1.82, 2.24) is 10.3 Å². The summed E-state index contributed by atoms with van der Waals surface area (Å²) in [5.74, 6) is -1.16. The quantitative estimate of drug-likeness (QED) is 0.308. The predicted molar refractivity (Wildman–Crippen MR) is 60.6 cm³/mol. The molecule has 7 heteroatoms. The van der Waals surface area contributed by atoms with Crippen LogP contribution < -0.4 is 5.54 Å². The van der Waals surface area contributed by atoms with Crippen molar-refractivity contribution >= 4 is 13.0 Å². The van der Waals surface area contributed by atoms with Gasteiger partial charge in [0.25, 0.3) is 0 Å². The van der Waals surface area contributed by atoms with Crippen LogP contribution in [0.3, 0.4) is 0 Å². The van der Waals surface area contributed by atoms with Crippen LogP contribution in [-0.2, 0) is 4.79 Å². The third kappa shape index (κ3) is 6.76. The van der Waals surface area contributed by atoms with Crippen molar-refractivity contribution < 1.29 is 19.4 Å². The molecule has 0 aromatic carbocycles. The number of halogens is 1. The van der Waals surface area contributed by atoms with Gasteiger partial charge in [0.1, 0.15) is 6.04 Å². The van der Waals surface area contributed by atoms with Crippen LogP contribution in [0.25, 0.3) is 0 Å². The Kier molecular flexibility index (Phi) is 8.14. The lowest BCUT2D eigenvalue weighted by molar-refractivity contribution is -0.141. The lowest BCUT2D eigenvalue weighted by atomic mass is 9.85. The summed E-state index contributed by atoms with van der Waals surface area (Å²) in [6, 6.07) is -1.10. The summed E-state index contributed by atoms with van der Waals surface area (Å²) in [6.45, 7) is 2.44. The molecule has 0 saturated heterocycles. The normalized spacial score (nSPS) is 12.8. The number of unbranched alkanes of at least 4 members (excludes halogenated alkanes) is 2. The van der Waals surface area contributed by atoms with E-state index in [1.54, 1.807) is 11.6 Å². The smallest absolute Gasteiger partial charge is 0.376 e. The maximum Gasteiger partial charge on any atom is 0.376 e. The Balaban J connectivity index is 3.49. The first-order valence-electron chi connectivity index (χ1n) is 5.46. The first-order valence-corrected chi connectivity index (χ1v) is 5.46. The van der Waals surface area contributed by atoms with E-state index in [0.717, 1.165) is 19.4 Å². The number of rotatable bonds is 9. The summed E-state index contributed by atoms with van der Waals surface area (Å²) < 4.78 is 12.0. The number of hydrogen-bond acceptors (Lipinski definition) is 4. The first kappa shape index (κ1) is 15.3. The molecular weight excluding hydrogens is 214 g/mol. The molecule has 0 aliphatic rings. The van der Waals surface area contributed by atoms with Crippen molar-refractivity contribution in [2.24, 2.45) is 0 Å². The van der Waals surface area contributed by atoms with Crippen LogP contribution in [0.15, 0.2) is 0 Å². The van der Waals surface area contributed by atoms with E-state index in [9.17, 15) is 9.28 Å². The van der Waals surface area contributed by atoms with Crippen LogP contribution in [0.2, 0.25) is 6.82 Å². The van der Waals surface area contributed by atoms with Crippen LogP contribution in [-0.4, -0.2) is 47.6 Å². The molecule has 0 aliphatic carbocycles. The fourth-order valence-electron chi connectivity index (χ4n) is 1.30. The van der Waals surface area contributed by atoms with E-state index in [1.807, 2.05) is 7.05 Å². The molecule has 0 radical (unpaired) electrons. The van der Waals surface area contributed by atoms with Crippen LogP contribution in [0, 0.1) is 0 Å². The van der Waals surface area contributed by atoms with Gasteiger partial charge in [0.05, 0.1) is 0 Å². The molecule has 0 aromatic rings. The van der Waals surface area contributed by atoms with E-state index in [4.69, 9.17) is 10.1 Å². The predicted octanol–water partition coefficient (Wildman–Crippen LogP) is 0.516. The Morgan fingerprint density at radius 1 is 1.50 bits per heavy atom. The molecule has 0 spiro atoms. The van der Waals surface area contributed by atoms with Crippen LogP contribution in [0.4, 0.5) is 4.48 Å². The third-order valence-electron chi connectivity index (χ3n) is 2.57. The van der Waals surface area contributed by atoms with Gasteiger partial charge < -0.3 is 14.9 Å². The van der Waals surface area contributed by atoms with Crippen molar-refractivity contribution in [1.29, 1.82) is 0 Å². The fourth-order valence-corrected chi connectivity index (χ4v) is 1.30. The number of aliphatic carboxylic acids is 1. The van der Waals surface area contributed by atoms with Crippen LogP contribution in [0.1, 0.15) is 25.7 Å². The maximum absolute atomic E-state index is 12.0. The Labute approximate surface area is 95.7 Å². The average molecular weight is 234 g/mol. The Hall–Kier alpha value is -0.655. The second kappa shape index (κ2) is 8.49. The molecule has 0 aliphatic heterocycles. The Morgan fingerprint density at radius 3 is 2.56 bits per heavy atom. The van der Waals surface area contributed by atoms with Gasteiger partial charge in [0.2, 0.25) is 0 Å². The van der Waals surface area contributed by atoms with Gasteiger partial charge in [-0.15, -0.1) is 10.0 Å². The summed E-state index contributed by atoms with van der Waals surface area (Å²) >= 11 is 0. The lowest BCUT2D eigenvalue weighted by Gasteiger charge is -2.16. The van der Waals surface area contributed by atoms with Gasteiger partial charge in [0, 0.05) is 0 Å². The second-order valence-electron chi connectivity index (χ2n) is 3.96. The molecule has 16 heavy (non-hydrogen) atoms. The highest BCUT2D eigenvalue weighted by Crippen LogP contribution is 2.05. The molecule has 0 aromatic heterocycles. The molecule has 0 unspecified atom stereocenters. The molecule has 0 heterocycles. The van der Waals surface area contributed by atoms with Crippen molar-refractivity contribution in [3.05, 3.63) is 0 Å². The zero-order chi connectivity index (χ0) is 12.6. The van der Waals surface area contributed by atoms with Crippen LogP contribution >= 0.6 is 0 Å². The molecule has 0 fully saturated rings. The van der Waals surface area contributed by atoms with Crippen molar-refractivity contribution in [3.8, 4) is 0 Å². The Bertz CT molecular complexity index is 207. The summed E-state index contributed by atoms with van der Waals surface area (Å²) in [4.78, 5) is 12.2. The van der Waals surface area contributed by atoms with E-state index >= 15 is 0 Å². The number of carboxylic acid groups (broad SMARTS) is 1. The van der Waals surface area contributed by atoms with Crippen molar-refractivity contribution in [2.45, 2.75) is 38.5 Å². The molecule has 94 valence electrons. The zero-order valence-electron chi connectivity index (χ0n) is 9.82. The molecule has 0 amide bonds. The topological polar surface area (TPSA) is 72.8 Å². The van der Waals surface area contributed by atoms with Crippen LogP contribution in [0.5, 0.6) is 0 Å². The highest BCUT2D eigenvalue weighted by Gasteiger charge is 2.16. The number of hydrogen-bond donors (Lipinski definition) is 3. The fraction of sp³-hybridized carbons (Fsp3) is 0.889. The van der Waals surface area contributed by atoms with Gasteiger partial charge in [-0.1, -0.05) is 12.8 Å². The maximum atomic E-state index is 12.0. The first-order chi connectivity index (χ1) is 7.49. The van der Waals surface area contributed by atoms with Gasteiger partial charge in [-0.25, -0.2) is 0 Å². The monoisotopic (exact) mass is 234 g/mol. The van der Waals surface area contributed by atoms with Gasteiger partial charge in [-0.2, -0.15) is 0 Å². The lowest BCUT2D eigenvalue weighted by Crippen LogP contribution is -2.34. The van der Waals surface area contributed by atoms with E-state index < -0.39 is 19.1 Å². The van der Waals surface area contributed by atoms with Gasteiger partial charge in [-0.05, 0) is 33.3 Å². The van der Waals surface area contributed by atoms with E-state index in [0.29, 0.717) is 6.42 Å². The molecule has 5 nitrogen and oxygen atoms in total. The van der Waals surface area contributed by atoms with Gasteiger partial charge >= 0.3 is 13.0 Å². The highest BCUT2D eigenvalue weighted by atomic mass is 19.2. The highest BCUT2D eigenvalue weighted by molar-refractivity contribution is 6.45. The zero-order valence-corrected chi connectivity index (χ0v) is 9.82. The minimum atomic E-state index is -1.16. The minimum absolute atomic E-state index is 0.282. The average Bonchev–Trinajstić information content (AvgIpc) is 2.22. The van der Waals surface area contributed by atoms with E-state index in [1.165, 1.54) is 5.54 Å². The Morgan fingerprint density at radius 2 is 2.12 bits per heavy atom. The SMILES string of the molecule is CB(O)N(C)CCCCC[C@H](NF)C(=O)O. The van der Waals surface area contributed by atoms with Crippen molar-refractivity contribution in [2.75, 3.05) is 13.6 Å². The number of carbonyl (C=O) groups is 1. The summed E-state index contributed by atoms with van der Waals surface area (Å²) in [7, 11) is 1.34. The summed E-state index contributed by atoms with van der Waals surface area (Å²) in [5.41, 5.74) is 1.27. The number of nitrogens with one attached hydrogen (secondary N) is 1. The summed E-state index contributed by atoms with van der Waals surface area (Å²) in [5, 5.41) is 17.7. The van der Waals surface area contributed by atoms with E-state index in [-0.39, 0.29) is 6.42 Å². The molecule has 0 saturated carbocycles. The third-order valence-corrected chi connectivity index (χ3v) is 2.57. The molecule has 0 rings (SSSR count). The van der Waals surface area contributed by atoms with E-state index in [2.05, 4.69) is 0 Å². The second-order valence-corrected chi connectivity index (χ2v) is 3.96. The molecular formula is C9H20BFN2O3. The van der Waals surface area contributed by atoms with Crippen molar-refractivity contribution in [3.63, 3.8) is 0 Å². The molecule has 0 bridgehead atoms. The number of nitrogens with zero attached hydrogens (tertiary/aromatic N) is 1. The van der Waals surface area contributed by atoms with Gasteiger partial charge in [0.15, 0.2) is 0 Å². The standard InChI is InChI=1S/C9H20BFN2O3/c1-10(16)13(2)7-5-3-4-6-8(12-11)9(14)15/h8,12,16H,3-7H2,1-2H3,(H,14,15)/t8-/m0/s1. The largest absolute Gasteiger partial charge is 0.480 e. The number of carboxylic acids is 1. The summed E-state index contributed by atoms with van der Waals surface area (Å²) in [6.07, 6.45) is 2.62. The van der Waals surface area contributed by atoms with Gasteiger partial charge in [-0.3, -0.25) is 4.79 Å². The minimum Gasteiger partial charge on any atom is -0.480 e.